The Morgan fingerprint density at radius 1 is 1.42 bits per heavy atom. The molecule has 0 saturated carbocycles. The first kappa shape index (κ1) is 17.4. The molecule has 3 rings (SSSR count). The van der Waals surface area contributed by atoms with Gasteiger partial charge in [0.1, 0.15) is 0 Å². The Morgan fingerprint density at radius 2 is 2.29 bits per heavy atom. The summed E-state index contributed by atoms with van der Waals surface area (Å²) in [4.78, 5) is 19.1. The third-order valence-electron chi connectivity index (χ3n) is 5.55. The maximum atomic E-state index is 12.7. The molecule has 1 amide bonds. The number of nitrogens with one attached hydrogen (secondary N) is 1. The summed E-state index contributed by atoms with van der Waals surface area (Å²) in [5.74, 6) is 3.27. The number of likely N-dealkylation sites (tertiary alicyclic amines) is 1. The molecule has 2 saturated heterocycles. The fourth-order valence-electron chi connectivity index (χ4n) is 4.08. The second kappa shape index (κ2) is 8.10. The Labute approximate surface area is 144 Å². The summed E-state index contributed by atoms with van der Waals surface area (Å²) in [6.45, 7) is 7.97. The van der Waals surface area contributed by atoms with Crippen molar-refractivity contribution in [3.05, 3.63) is 11.7 Å². The summed E-state index contributed by atoms with van der Waals surface area (Å²) in [5, 5.41) is 7.45. The molecule has 0 bridgehead atoms. The zero-order valence-electron chi connectivity index (χ0n) is 15.0. The smallest absolute Gasteiger partial charge is 0.223 e. The summed E-state index contributed by atoms with van der Waals surface area (Å²) < 4.78 is 5.05. The van der Waals surface area contributed by atoms with Gasteiger partial charge < -0.3 is 14.7 Å². The number of hydrogen-bond acceptors (Lipinski definition) is 5. The summed E-state index contributed by atoms with van der Waals surface area (Å²) in [6, 6.07) is 0. The predicted octanol–water partition coefficient (Wildman–Crippen LogP) is 2.18. The Morgan fingerprint density at radius 3 is 3.00 bits per heavy atom. The molecule has 0 aliphatic carbocycles. The van der Waals surface area contributed by atoms with Gasteiger partial charge in [0.15, 0.2) is 5.82 Å². The van der Waals surface area contributed by atoms with Crippen molar-refractivity contribution in [3.8, 4) is 0 Å². The molecule has 0 radical (unpaired) electrons. The molecule has 24 heavy (non-hydrogen) atoms. The van der Waals surface area contributed by atoms with Gasteiger partial charge in [0.2, 0.25) is 11.8 Å². The van der Waals surface area contributed by atoms with E-state index in [0.29, 0.717) is 36.0 Å². The number of hydrogen-bond donors (Lipinski definition) is 1. The lowest BCUT2D eigenvalue weighted by Crippen LogP contribution is -2.42. The van der Waals surface area contributed by atoms with Gasteiger partial charge in [-0.25, -0.2) is 0 Å². The van der Waals surface area contributed by atoms with Gasteiger partial charge in [0, 0.05) is 32.9 Å². The third-order valence-corrected chi connectivity index (χ3v) is 5.55. The lowest BCUT2D eigenvalue weighted by atomic mass is 9.85. The normalized spacial score (nSPS) is 26.3. The van der Waals surface area contributed by atoms with Gasteiger partial charge in [-0.3, -0.25) is 4.79 Å². The molecule has 134 valence electrons. The predicted molar refractivity (Wildman–Crippen MR) is 91.4 cm³/mol. The maximum absolute atomic E-state index is 12.7. The average Bonchev–Trinajstić information content (AvgIpc) is 3.00. The zero-order chi connectivity index (χ0) is 16.9. The first-order valence-corrected chi connectivity index (χ1v) is 9.39. The number of nitrogens with zero attached hydrogens (tertiary/aromatic N) is 3. The van der Waals surface area contributed by atoms with Crippen LogP contribution in [0.25, 0.3) is 0 Å². The molecule has 6 nitrogen and oxygen atoms in total. The molecule has 1 aromatic rings. The van der Waals surface area contributed by atoms with Gasteiger partial charge in [0.25, 0.3) is 0 Å². The van der Waals surface area contributed by atoms with Crippen LogP contribution in [0, 0.1) is 24.7 Å². The van der Waals surface area contributed by atoms with E-state index in [9.17, 15) is 4.79 Å². The Kier molecular flexibility index (Phi) is 5.87. The van der Waals surface area contributed by atoms with Gasteiger partial charge in [-0.1, -0.05) is 12.1 Å². The molecule has 2 fully saturated rings. The van der Waals surface area contributed by atoms with Crippen molar-refractivity contribution in [1.82, 2.24) is 20.4 Å². The van der Waals surface area contributed by atoms with Crippen LogP contribution in [0.2, 0.25) is 0 Å². The van der Waals surface area contributed by atoms with E-state index in [0.717, 1.165) is 51.3 Å². The van der Waals surface area contributed by atoms with E-state index in [-0.39, 0.29) is 0 Å². The van der Waals surface area contributed by atoms with E-state index in [1.165, 1.54) is 12.8 Å². The Balaban J connectivity index is 1.49. The summed E-state index contributed by atoms with van der Waals surface area (Å²) >= 11 is 0. The van der Waals surface area contributed by atoms with Crippen molar-refractivity contribution in [3.63, 3.8) is 0 Å². The SMILES string of the molecule is Cc1nc(CC2CCCN(C(=O)CC(C)C3CCCNC3)C2)no1. The van der Waals surface area contributed by atoms with Gasteiger partial charge in [-0.15, -0.1) is 0 Å². The first-order chi connectivity index (χ1) is 11.6. The molecule has 0 aromatic carbocycles. The van der Waals surface area contributed by atoms with E-state index in [1.54, 1.807) is 0 Å². The van der Waals surface area contributed by atoms with Crippen molar-refractivity contribution >= 4 is 5.91 Å². The van der Waals surface area contributed by atoms with Gasteiger partial charge >= 0.3 is 0 Å². The Hall–Kier alpha value is -1.43. The number of aromatic nitrogens is 2. The monoisotopic (exact) mass is 334 g/mol. The average molecular weight is 334 g/mol. The van der Waals surface area contributed by atoms with Crippen molar-refractivity contribution in [2.75, 3.05) is 26.2 Å². The number of piperidine rings is 2. The van der Waals surface area contributed by atoms with Crippen LogP contribution >= 0.6 is 0 Å². The van der Waals surface area contributed by atoms with Crippen LogP contribution in [0.1, 0.15) is 50.7 Å². The zero-order valence-corrected chi connectivity index (χ0v) is 15.0. The van der Waals surface area contributed by atoms with E-state index in [1.807, 2.05) is 6.92 Å². The van der Waals surface area contributed by atoms with Gasteiger partial charge in [-0.05, 0) is 56.5 Å². The minimum absolute atomic E-state index is 0.321. The number of carbonyl (C=O) groups excluding carboxylic acids is 1. The van der Waals surface area contributed by atoms with Crippen molar-refractivity contribution in [1.29, 1.82) is 0 Å². The second-order valence-corrected chi connectivity index (χ2v) is 7.57. The highest BCUT2D eigenvalue weighted by Crippen LogP contribution is 2.25. The van der Waals surface area contributed by atoms with Crippen LogP contribution in [0.5, 0.6) is 0 Å². The molecule has 2 aliphatic heterocycles. The molecule has 3 unspecified atom stereocenters. The molecule has 6 heteroatoms. The van der Waals surface area contributed by atoms with Crippen LogP contribution < -0.4 is 5.32 Å². The van der Waals surface area contributed by atoms with Crippen molar-refractivity contribution < 1.29 is 9.32 Å². The van der Waals surface area contributed by atoms with Crippen molar-refractivity contribution in [2.24, 2.45) is 17.8 Å². The first-order valence-electron chi connectivity index (χ1n) is 9.39. The summed E-state index contributed by atoms with van der Waals surface area (Å²) in [7, 11) is 0. The molecule has 1 N–H and O–H groups in total. The van der Waals surface area contributed by atoms with E-state index in [4.69, 9.17) is 4.52 Å². The van der Waals surface area contributed by atoms with Crippen LogP contribution in [-0.4, -0.2) is 47.1 Å². The minimum Gasteiger partial charge on any atom is -0.342 e. The molecule has 3 heterocycles. The summed E-state index contributed by atoms with van der Waals surface area (Å²) in [6.07, 6.45) is 6.19. The third kappa shape index (κ3) is 4.56. The fourth-order valence-corrected chi connectivity index (χ4v) is 4.08. The van der Waals surface area contributed by atoms with Gasteiger partial charge in [-0.2, -0.15) is 4.98 Å². The second-order valence-electron chi connectivity index (χ2n) is 7.57. The number of rotatable bonds is 5. The van der Waals surface area contributed by atoms with E-state index < -0.39 is 0 Å². The standard InChI is InChI=1S/C18H30N4O2/c1-13(16-6-3-7-19-11-16)9-18(23)22-8-4-5-15(12-22)10-17-20-14(2)24-21-17/h13,15-16,19H,3-12H2,1-2H3. The molecule has 1 aromatic heterocycles. The Bertz CT molecular complexity index is 539. The molecular formula is C18H30N4O2. The largest absolute Gasteiger partial charge is 0.342 e. The summed E-state index contributed by atoms with van der Waals surface area (Å²) in [5.41, 5.74) is 0. The number of amides is 1. The molecule has 0 spiro atoms. The molecule has 3 atom stereocenters. The van der Waals surface area contributed by atoms with Crippen LogP contribution in [0.15, 0.2) is 4.52 Å². The molecule has 2 aliphatic rings. The quantitative estimate of drug-likeness (QED) is 0.894. The highest BCUT2D eigenvalue weighted by atomic mass is 16.5. The maximum Gasteiger partial charge on any atom is 0.223 e. The topological polar surface area (TPSA) is 71.3 Å². The van der Waals surface area contributed by atoms with Crippen LogP contribution in [0.3, 0.4) is 0 Å². The highest BCUT2D eigenvalue weighted by Gasteiger charge is 2.28. The lowest BCUT2D eigenvalue weighted by molar-refractivity contribution is -0.134. The number of aryl methyl sites for hydroxylation is 1. The van der Waals surface area contributed by atoms with Gasteiger partial charge in [0.05, 0.1) is 0 Å². The highest BCUT2D eigenvalue weighted by molar-refractivity contribution is 5.76. The van der Waals surface area contributed by atoms with Crippen molar-refractivity contribution in [2.45, 2.75) is 52.4 Å². The van der Waals surface area contributed by atoms with E-state index >= 15 is 0 Å². The molecular weight excluding hydrogens is 304 g/mol. The fraction of sp³-hybridized carbons (Fsp3) is 0.833. The minimum atomic E-state index is 0.321. The van der Waals surface area contributed by atoms with Crippen LogP contribution in [0.4, 0.5) is 0 Å². The van der Waals surface area contributed by atoms with Crippen LogP contribution in [-0.2, 0) is 11.2 Å². The number of carbonyl (C=O) groups is 1. The lowest BCUT2D eigenvalue weighted by Gasteiger charge is -2.34. The van der Waals surface area contributed by atoms with E-state index in [2.05, 4.69) is 27.3 Å².